The van der Waals surface area contributed by atoms with Crippen molar-refractivity contribution in [3.8, 4) is 0 Å². The Morgan fingerprint density at radius 1 is 1.44 bits per heavy atom. The Kier molecular flexibility index (Phi) is 6.75. The number of esters is 1. The van der Waals surface area contributed by atoms with E-state index < -0.39 is 22.0 Å². The fourth-order valence-electron chi connectivity index (χ4n) is 2.95. The molecule has 7 heteroatoms. The number of hydrogen-bond donors (Lipinski definition) is 1. The number of sulfonamides is 1. The van der Waals surface area contributed by atoms with E-state index in [-0.39, 0.29) is 23.5 Å². The lowest BCUT2D eigenvalue weighted by Crippen LogP contribution is -2.49. The lowest BCUT2D eigenvalue weighted by Gasteiger charge is -2.26. The molecule has 0 bridgehead atoms. The number of carbonyl (C=O) groups is 1. The molecule has 1 aliphatic rings. The summed E-state index contributed by atoms with van der Waals surface area (Å²) >= 11 is 0. The van der Waals surface area contributed by atoms with Gasteiger partial charge < -0.3 is 9.47 Å². The molecule has 1 fully saturated rings. The highest BCUT2D eigenvalue weighted by atomic mass is 32.2. The van der Waals surface area contributed by atoms with Gasteiger partial charge in [-0.15, -0.1) is 6.58 Å². The van der Waals surface area contributed by atoms with E-state index in [4.69, 9.17) is 9.47 Å². The molecule has 1 heterocycles. The van der Waals surface area contributed by atoms with Crippen molar-refractivity contribution in [2.24, 2.45) is 5.92 Å². The standard InChI is InChI=1S/C18H25NO5S/c1-4-6-16-15(11-12-24-16)17(18(20)23-5-2)19-25(21,22)14-9-7-13(3)8-10-14/h4,7-10,15-17,19H,1,5-6,11-12H2,2-3H3/t15-,16+,17+/m0/s1. The minimum Gasteiger partial charge on any atom is -0.465 e. The van der Waals surface area contributed by atoms with E-state index in [1.807, 2.05) is 6.92 Å². The molecule has 0 saturated carbocycles. The molecule has 138 valence electrons. The van der Waals surface area contributed by atoms with E-state index in [0.717, 1.165) is 5.56 Å². The molecule has 1 saturated heterocycles. The number of carbonyl (C=O) groups excluding carboxylic acids is 1. The van der Waals surface area contributed by atoms with Crippen LogP contribution in [0, 0.1) is 12.8 Å². The normalized spacial score (nSPS) is 21.7. The maximum Gasteiger partial charge on any atom is 0.324 e. The molecule has 1 aromatic carbocycles. The van der Waals surface area contributed by atoms with E-state index >= 15 is 0 Å². The zero-order valence-corrected chi connectivity index (χ0v) is 15.4. The monoisotopic (exact) mass is 367 g/mol. The molecule has 2 rings (SSSR count). The topological polar surface area (TPSA) is 81.7 Å². The first kappa shape index (κ1) is 19.6. The van der Waals surface area contributed by atoms with Gasteiger partial charge in [-0.25, -0.2) is 8.42 Å². The quantitative estimate of drug-likeness (QED) is 0.563. The van der Waals surface area contributed by atoms with E-state index in [1.165, 1.54) is 12.1 Å². The van der Waals surface area contributed by atoms with Crippen LogP contribution in [0.4, 0.5) is 0 Å². The summed E-state index contributed by atoms with van der Waals surface area (Å²) in [6.07, 6.45) is 2.58. The molecule has 6 nitrogen and oxygen atoms in total. The third-order valence-corrected chi connectivity index (χ3v) is 5.70. The predicted octanol–water partition coefficient (Wildman–Crippen LogP) is 2.19. The molecule has 0 aliphatic carbocycles. The predicted molar refractivity (Wildman–Crippen MR) is 94.6 cm³/mol. The van der Waals surface area contributed by atoms with Gasteiger partial charge in [-0.3, -0.25) is 4.79 Å². The minimum atomic E-state index is -3.85. The average molecular weight is 367 g/mol. The van der Waals surface area contributed by atoms with Gasteiger partial charge in [0.2, 0.25) is 10.0 Å². The van der Waals surface area contributed by atoms with Crippen molar-refractivity contribution in [3.05, 3.63) is 42.5 Å². The summed E-state index contributed by atoms with van der Waals surface area (Å²) in [6, 6.07) is 5.48. The Hall–Kier alpha value is -1.70. The summed E-state index contributed by atoms with van der Waals surface area (Å²) in [5.74, 6) is -0.875. The fraction of sp³-hybridized carbons (Fsp3) is 0.500. The Bertz CT molecular complexity index is 699. The van der Waals surface area contributed by atoms with Crippen LogP contribution >= 0.6 is 0 Å². The third-order valence-electron chi connectivity index (χ3n) is 4.24. The molecule has 1 aromatic rings. The van der Waals surface area contributed by atoms with Gasteiger partial charge in [-0.05, 0) is 38.8 Å². The van der Waals surface area contributed by atoms with Crippen LogP contribution in [0.2, 0.25) is 0 Å². The molecule has 0 unspecified atom stereocenters. The van der Waals surface area contributed by atoms with Crippen molar-refractivity contribution in [2.75, 3.05) is 13.2 Å². The zero-order valence-electron chi connectivity index (χ0n) is 14.6. The van der Waals surface area contributed by atoms with Crippen LogP contribution in [0.15, 0.2) is 41.8 Å². The van der Waals surface area contributed by atoms with Gasteiger partial charge in [-0.1, -0.05) is 23.8 Å². The van der Waals surface area contributed by atoms with Crippen LogP contribution in [-0.2, 0) is 24.3 Å². The number of nitrogens with one attached hydrogen (secondary N) is 1. The number of ether oxygens (including phenoxy) is 2. The summed E-state index contributed by atoms with van der Waals surface area (Å²) in [4.78, 5) is 12.5. The molecule has 1 aliphatic heterocycles. The average Bonchev–Trinajstić information content (AvgIpc) is 3.01. The summed E-state index contributed by atoms with van der Waals surface area (Å²) in [7, 11) is -3.85. The van der Waals surface area contributed by atoms with Gasteiger partial charge in [0.05, 0.1) is 17.6 Å². The first-order valence-electron chi connectivity index (χ1n) is 8.37. The van der Waals surface area contributed by atoms with Crippen LogP contribution in [-0.4, -0.2) is 39.7 Å². The van der Waals surface area contributed by atoms with Gasteiger partial charge >= 0.3 is 5.97 Å². The molecule has 0 amide bonds. The van der Waals surface area contributed by atoms with E-state index in [1.54, 1.807) is 25.1 Å². The van der Waals surface area contributed by atoms with Crippen molar-refractivity contribution in [3.63, 3.8) is 0 Å². The van der Waals surface area contributed by atoms with Crippen molar-refractivity contribution in [1.82, 2.24) is 4.72 Å². The van der Waals surface area contributed by atoms with Gasteiger partial charge in [0.1, 0.15) is 6.04 Å². The van der Waals surface area contributed by atoms with Crippen LogP contribution in [0.5, 0.6) is 0 Å². The molecular formula is C18H25NO5S. The molecule has 25 heavy (non-hydrogen) atoms. The van der Waals surface area contributed by atoms with Crippen LogP contribution in [0.25, 0.3) is 0 Å². The van der Waals surface area contributed by atoms with Crippen molar-refractivity contribution in [2.45, 2.75) is 43.7 Å². The third kappa shape index (κ3) is 4.90. The molecule has 0 aromatic heterocycles. The van der Waals surface area contributed by atoms with Crippen molar-refractivity contribution in [1.29, 1.82) is 0 Å². The molecule has 0 radical (unpaired) electrons. The molecule has 0 spiro atoms. The van der Waals surface area contributed by atoms with Gasteiger partial charge in [0.25, 0.3) is 0 Å². The number of benzene rings is 1. The van der Waals surface area contributed by atoms with E-state index in [0.29, 0.717) is 19.4 Å². The highest BCUT2D eigenvalue weighted by molar-refractivity contribution is 7.89. The van der Waals surface area contributed by atoms with Gasteiger partial charge in [0, 0.05) is 12.5 Å². The summed E-state index contributed by atoms with van der Waals surface area (Å²) in [6.45, 7) is 7.92. The number of aryl methyl sites for hydroxylation is 1. The van der Waals surface area contributed by atoms with E-state index in [9.17, 15) is 13.2 Å². The second kappa shape index (κ2) is 8.60. The maximum absolute atomic E-state index is 12.7. The summed E-state index contributed by atoms with van der Waals surface area (Å²) in [5, 5.41) is 0. The Labute approximate surface area is 149 Å². The van der Waals surface area contributed by atoms with Crippen LogP contribution in [0.1, 0.15) is 25.3 Å². The van der Waals surface area contributed by atoms with Crippen LogP contribution in [0.3, 0.4) is 0 Å². The largest absolute Gasteiger partial charge is 0.465 e. The molecule has 3 atom stereocenters. The highest BCUT2D eigenvalue weighted by Gasteiger charge is 2.41. The summed E-state index contributed by atoms with van der Waals surface area (Å²) < 4.78 is 38.7. The van der Waals surface area contributed by atoms with Crippen molar-refractivity contribution < 1.29 is 22.7 Å². The SMILES string of the molecule is C=CC[C@H]1OCC[C@@H]1[C@@H](NS(=O)(=O)c1ccc(C)cc1)C(=O)OCC. The Morgan fingerprint density at radius 3 is 2.72 bits per heavy atom. The molecular weight excluding hydrogens is 342 g/mol. The Morgan fingerprint density at radius 2 is 2.12 bits per heavy atom. The van der Waals surface area contributed by atoms with E-state index in [2.05, 4.69) is 11.3 Å². The minimum absolute atomic E-state index is 0.117. The fourth-order valence-corrected chi connectivity index (χ4v) is 4.18. The number of hydrogen-bond acceptors (Lipinski definition) is 5. The first-order chi connectivity index (χ1) is 11.9. The van der Waals surface area contributed by atoms with Gasteiger partial charge in [0.15, 0.2) is 0 Å². The second-order valence-corrected chi connectivity index (χ2v) is 7.76. The lowest BCUT2D eigenvalue weighted by atomic mass is 9.91. The molecule has 1 N–H and O–H groups in total. The zero-order chi connectivity index (χ0) is 18.4. The highest BCUT2D eigenvalue weighted by Crippen LogP contribution is 2.28. The Balaban J connectivity index is 2.27. The smallest absolute Gasteiger partial charge is 0.324 e. The second-order valence-electron chi connectivity index (χ2n) is 6.05. The first-order valence-corrected chi connectivity index (χ1v) is 9.85. The van der Waals surface area contributed by atoms with Crippen molar-refractivity contribution >= 4 is 16.0 Å². The maximum atomic E-state index is 12.7. The van der Waals surface area contributed by atoms with Gasteiger partial charge in [-0.2, -0.15) is 4.72 Å². The van der Waals surface area contributed by atoms with Crippen LogP contribution < -0.4 is 4.72 Å². The lowest BCUT2D eigenvalue weighted by molar-refractivity contribution is -0.147. The summed E-state index contributed by atoms with van der Waals surface area (Å²) in [5.41, 5.74) is 0.955. The number of rotatable bonds is 8.